The van der Waals surface area contributed by atoms with Crippen molar-refractivity contribution >= 4 is 0 Å². The monoisotopic (exact) mass is 228 g/mol. The molecule has 0 unspecified atom stereocenters. The van der Waals surface area contributed by atoms with Crippen molar-refractivity contribution in [3.05, 3.63) is 65.2 Å². The van der Waals surface area contributed by atoms with E-state index in [0.717, 1.165) is 5.75 Å². The van der Waals surface area contributed by atoms with Crippen LogP contribution in [0.5, 0.6) is 5.75 Å². The second-order valence-corrected chi connectivity index (χ2v) is 4.24. The van der Waals surface area contributed by atoms with Gasteiger partial charge in [-0.1, -0.05) is 29.8 Å². The van der Waals surface area contributed by atoms with Gasteiger partial charge in [0, 0.05) is 11.1 Å². The number of benzene rings is 2. The number of quaternary nitrogens is 1. The Balaban J connectivity index is 2.23. The highest BCUT2D eigenvalue weighted by atomic mass is 16.5. The summed E-state index contributed by atoms with van der Waals surface area (Å²) >= 11 is 0. The maximum absolute atomic E-state index is 5.15. The van der Waals surface area contributed by atoms with Crippen LogP contribution in [0.4, 0.5) is 0 Å². The highest BCUT2D eigenvalue weighted by Crippen LogP contribution is 2.20. The van der Waals surface area contributed by atoms with Crippen molar-refractivity contribution in [2.75, 3.05) is 7.11 Å². The second-order valence-electron chi connectivity index (χ2n) is 4.24. The minimum atomic E-state index is 0.168. The van der Waals surface area contributed by atoms with Gasteiger partial charge in [-0.25, -0.2) is 0 Å². The number of hydrogen-bond acceptors (Lipinski definition) is 1. The second kappa shape index (κ2) is 5.02. The molecule has 2 nitrogen and oxygen atoms in total. The molecule has 1 atom stereocenters. The maximum Gasteiger partial charge on any atom is 0.136 e. The molecule has 0 spiro atoms. The van der Waals surface area contributed by atoms with Gasteiger partial charge in [-0.15, -0.1) is 0 Å². The van der Waals surface area contributed by atoms with E-state index < -0.39 is 0 Å². The van der Waals surface area contributed by atoms with Crippen molar-refractivity contribution in [3.63, 3.8) is 0 Å². The summed E-state index contributed by atoms with van der Waals surface area (Å²) in [6.45, 7) is 2.09. The van der Waals surface area contributed by atoms with Gasteiger partial charge in [-0.2, -0.15) is 0 Å². The highest BCUT2D eigenvalue weighted by Gasteiger charge is 2.11. The first kappa shape index (κ1) is 11.7. The fraction of sp³-hybridized carbons (Fsp3) is 0.200. The van der Waals surface area contributed by atoms with Crippen LogP contribution in [0, 0.1) is 6.92 Å². The molecule has 0 saturated carbocycles. The Morgan fingerprint density at radius 3 is 1.82 bits per heavy atom. The quantitative estimate of drug-likeness (QED) is 0.860. The van der Waals surface area contributed by atoms with Crippen LogP contribution in [0.2, 0.25) is 0 Å². The molecule has 0 radical (unpaired) electrons. The Bertz CT molecular complexity index is 473. The van der Waals surface area contributed by atoms with Gasteiger partial charge < -0.3 is 10.5 Å². The predicted octanol–water partition coefficient (Wildman–Crippen LogP) is 2.33. The van der Waals surface area contributed by atoms with Crippen molar-refractivity contribution in [2.45, 2.75) is 13.0 Å². The van der Waals surface area contributed by atoms with Gasteiger partial charge in [-0.05, 0) is 31.2 Å². The van der Waals surface area contributed by atoms with Gasteiger partial charge in [0.25, 0.3) is 0 Å². The summed E-state index contributed by atoms with van der Waals surface area (Å²) in [7, 11) is 1.68. The van der Waals surface area contributed by atoms with Gasteiger partial charge in [-0.3, -0.25) is 0 Å². The molecule has 0 amide bonds. The van der Waals surface area contributed by atoms with E-state index in [9.17, 15) is 0 Å². The van der Waals surface area contributed by atoms with E-state index in [2.05, 4.69) is 49.1 Å². The molecule has 0 fully saturated rings. The van der Waals surface area contributed by atoms with Gasteiger partial charge in [0.05, 0.1) is 7.11 Å². The Morgan fingerprint density at radius 1 is 0.882 bits per heavy atom. The number of aryl methyl sites for hydroxylation is 1. The lowest BCUT2D eigenvalue weighted by Gasteiger charge is -2.10. The summed E-state index contributed by atoms with van der Waals surface area (Å²) in [5, 5.41) is 0. The van der Waals surface area contributed by atoms with Crippen LogP contribution in [0.3, 0.4) is 0 Å². The summed E-state index contributed by atoms with van der Waals surface area (Å²) in [5.41, 5.74) is 7.94. The number of methoxy groups -OCH3 is 1. The third kappa shape index (κ3) is 2.66. The third-order valence-electron chi connectivity index (χ3n) is 3.00. The number of hydrogen-bond donors (Lipinski definition) is 1. The van der Waals surface area contributed by atoms with E-state index in [1.54, 1.807) is 7.11 Å². The fourth-order valence-corrected chi connectivity index (χ4v) is 1.83. The fourth-order valence-electron chi connectivity index (χ4n) is 1.83. The molecule has 0 saturated heterocycles. The number of rotatable bonds is 3. The zero-order valence-electron chi connectivity index (χ0n) is 10.3. The van der Waals surface area contributed by atoms with Crippen molar-refractivity contribution < 1.29 is 10.5 Å². The van der Waals surface area contributed by atoms with Crippen LogP contribution in [-0.2, 0) is 0 Å². The first-order chi connectivity index (χ1) is 8.20. The summed E-state index contributed by atoms with van der Waals surface area (Å²) in [5.74, 6) is 0.879. The number of ether oxygens (including phenoxy) is 1. The lowest BCUT2D eigenvalue weighted by atomic mass is 9.99. The Labute approximate surface area is 102 Å². The Morgan fingerprint density at radius 2 is 1.35 bits per heavy atom. The highest BCUT2D eigenvalue weighted by molar-refractivity contribution is 5.34. The molecular weight excluding hydrogens is 210 g/mol. The molecule has 2 rings (SSSR count). The standard InChI is InChI=1S/C15H17NO/c1-11-3-5-12(6-4-11)15(16)13-7-9-14(17-2)10-8-13/h3-10,15H,16H2,1-2H3/p+1/t15-/m0/s1. The van der Waals surface area contributed by atoms with Crippen molar-refractivity contribution in [1.82, 2.24) is 0 Å². The van der Waals surface area contributed by atoms with Gasteiger partial charge >= 0.3 is 0 Å². The molecule has 0 aliphatic heterocycles. The van der Waals surface area contributed by atoms with Crippen molar-refractivity contribution in [3.8, 4) is 5.75 Å². The minimum Gasteiger partial charge on any atom is -0.497 e. The average Bonchev–Trinajstić information content (AvgIpc) is 2.39. The SMILES string of the molecule is COc1ccc([C@@H]([NH3+])c2ccc(C)cc2)cc1. The maximum atomic E-state index is 5.15. The largest absolute Gasteiger partial charge is 0.497 e. The minimum absolute atomic E-state index is 0.168. The third-order valence-corrected chi connectivity index (χ3v) is 3.00. The first-order valence-corrected chi connectivity index (χ1v) is 5.74. The van der Waals surface area contributed by atoms with Gasteiger partial charge in [0.15, 0.2) is 0 Å². The van der Waals surface area contributed by atoms with E-state index in [1.807, 2.05) is 12.1 Å². The van der Waals surface area contributed by atoms with Crippen LogP contribution < -0.4 is 10.5 Å². The predicted molar refractivity (Wildman–Crippen MR) is 68.9 cm³/mol. The normalized spacial score (nSPS) is 12.2. The molecule has 17 heavy (non-hydrogen) atoms. The molecule has 3 N–H and O–H groups in total. The van der Waals surface area contributed by atoms with Crippen LogP contribution in [0.25, 0.3) is 0 Å². The van der Waals surface area contributed by atoms with Crippen molar-refractivity contribution in [1.29, 1.82) is 0 Å². The summed E-state index contributed by atoms with van der Waals surface area (Å²) in [4.78, 5) is 0. The molecule has 88 valence electrons. The smallest absolute Gasteiger partial charge is 0.136 e. The Kier molecular flexibility index (Phi) is 3.45. The molecule has 0 aliphatic rings. The zero-order chi connectivity index (χ0) is 12.3. The molecule has 0 aliphatic carbocycles. The zero-order valence-corrected chi connectivity index (χ0v) is 10.3. The van der Waals surface area contributed by atoms with Crippen LogP contribution in [0.15, 0.2) is 48.5 Å². The molecule has 0 heterocycles. The van der Waals surface area contributed by atoms with E-state index in [0.29, 0.717) is 0 Å². The summed E-state index contributed by atoms with van der Waals surface area (Å²) in [6.07, 6.45) is 0. The first-order valence-electron chi connectivity index (χ1n) is 5.74. The summed E-state index contributed by atoms with van der Waals surface area (Å²) in [6, 6.07) is 16.8. The van der Waals surface area contributed by atoms with Crippen LogP contribution in [0.1, 0.15) is 22.7 Å². The van der Waals surface area contributed by atoms with E-state index >= 15 is 0 Å². The van der Waals surface area contributed by atoms with Gasteiger partial charge in [0.2, 0.25) is 0 Å². The lowest BCUT2D eigenvalue weighted by molar-refractivity contribution is -0.411. The molecule has 2 aromatic rings. The van der Waals surface area contributed by atoms with Crippen molar-refractivity contribution in [2.24, 2.45) is 0 Å². The van der Waals surface area contributed by atoms with Crippen LogP contribution in [-0.4, -0.2) is 7.11 Å². The Hall–Kier alpha value is -1.80. The molecule has 2 aromatic carbocycles. The van der Waals surface area contributed by atoms with Gasteiger partial charge in [0.1, 0.15) is 11.8 Å². The lowest BCUT2D eigenvalue weighted by Crippen LogP contribution is -2.53. The molecular formula is C15H18NO+. The topological polar surface area (TPSA) is 36.9 Å². The van der Waals surface area contributed by atoms with E-state index in [4.69, 9.17) is 4.74 Å². The molecule has 2 heteroatoms. The average molecular weight is 228 g/mol. The molecule has 0 bridgehead atoms. The van der Waals surface area contributed by atoms with E-state index in [-0.39, 0.29) is 6.04 Å². The summed E-state index contributed by atoms with van der Waals surface area (Å²) < 4.78 is 5.15. The molecule has 0 aromatic heterocycles. The van der Waals surface area contributed by atoms with Crippen LogP contribution >= 0.6 is 0 Å². The van der Waals surface area contributed by atoms with E-state index in [1.165, 1.54) is 16.7 Å².